The third-order valence-electron chi connectivity index (χ3n) is 2.29. The molecular weight excluding hydrogens is 261 g/mol. The summed E-state index contributed by atoms with van der Waals surface area (Å²) in [5.41, 5.74) is 6.45. The van der Waals surface area contributed by atoms with Crippen molar-refractivity contribution in [1.29, 1.82) is 0 Å². The molecule has 0 aromatic heterocycles. The fourth-order valence-electron chi connectivity index (χ4n) is 1.45. The van der Waals surface area contributed by atoms with Gasteiger partial charge in [0, 0.05) is 30.8 Å². The number of hydrogen-bond donors (Lipinski definition) is 1. The van der Waals surface area contributed by atoms with Gasteiger partial charge in [0.1, 0.15) is 5.75 Å². The van der Waals surface area contributed by atoms with E-state index in [1.54, 1.807) is 19.2 Å². The second-order valence-electron chi connectivity index (χ2n) is 3.63. The number of ether oxygens (including phenoxy) is 2. The summed E-state index contributed by atoms with van der Waals surface area (Å²) in [6.07, 6.45) is 1.87. The summed E-state index contributed by atoms with van der Waals surface area (Å²) in [5.74, 6) is 0.635. The summed E-state index contributed by atoms with van der Waals surface area (Å²) < 4.78 is 10.6. The molecule has 96 valence electrons. The maximum atomic E-state index is 6.06. The first kappa shape index (κ1) is 14.6. The molecule has 0 saturated carbocycles. The fourth-order valence-corrected chi connectivity index (χ4v) is 2.04. The SMILES string of the molecule is COCCCCOc1c(Cl)cc(Cl)cc1CN. The number of nitrogens with two attached hydrogens (primary N) is 1. The fraction of sp³-hybridized carbons (Fsp3) is 0.500. The molecule has 17 heavy (non-hydrogen) atoms. The molecule has 0 heterocycles. The highest BCUT2D eigenvalue weighted by Crippen LogP contribution is 2.32. The summed E-state index contributed by atoms with van der Waals surface area (Å²) in [7, 11) is 1.68. The summed E-state index contributed by atoms with van der Waals surface area (Å²) >= 11 is 12.0. The van der Waals surface area contributed by atoms with Crippen molar-refractivity contribution < 1.29 is 9.47 Å². The van der Waals surface area contributed by atoms with Gasteiger partial charge in [-0.25, -0.2) is 0 Å². The molecule has 1 aromatic rings. The molecule has 1 rings (SSSR count). The van der Waals surface area contributed by atoms with Crippen LogP contribution in [0.2, 0.25) is 10.0 Å². The second kappa shape index (κ2) is 7.77. The van der Waals surface area contributed by atoms with E-state index < -0.39 is 0 Å². The first-order chi connectivity index (χ1) is 8.19. The standard InChI is InChI=1S/C12H17Cl2NO2/c1-16-4-2-3-5-17-12-9(8-15)6-10(13)7-11(12)14/h6-7H,2-5,8,15H2,1H3. The van der Waals surface area contributed by atoms with Crippen molar-refractivity contribution in [1.82, 2.24) is 0 Å². The predicted molar refractivity (Wildman–Crippen MR) is 71.0 cm³/mol. The van der Waals surface area contributed by atoms with Gasteiger partial charge in [0.2, 0.25) is 0 Å². The largest absolute Gasteiger partial charge is 0.492 e. The van der Waals surface area contributed by atoms with E-state index in [9.17, 15) is 0 Å². The third-order valence-corrected chi connectivity index (χ3v) is 2.79. The lowest BCUT2D eigenvalue weighted by Crippen LogP contribution is -2.05. The maximum absolute atomic E-state index is 6.06. The van der Waals surface area contributed by atoms with Gasteiger partial charge in [-0.15, -0.1) is 0 Å². The highest BCUT2D eigenvalue weighted by molar-refractivity contribution is 6.35. The zero-order chi connectivity index (χ0) is 12.7. The van der Waals surface area contributed by atoms with Crippen LogP contribution >= 0.6 is 23.2 Å². The van der Waals surface area contributed by atoms with Gasteiger partial charge in [0.15, 0.2) is 0 Å². The molecule has 0 spiro atoms. The highest BCUT2D eigenvalue weighted by atomic mass is 35.5. The number of benzene rings is 1. The summed E-state index contributed by atoms with van der Waals surface area (Å²) in [4.78, 5) is 0. The van der Waals surface area contributed by atoms with Crippen LogP contribution in [-0.2, 0) is 11.3 Å². The van der Waals surface area contributed by atoms with Gasteiger partial charge in [-0.3, -0.25) is 0 Å². The summed E-state index contributed by atoms with van der Waals surface area (Å²) in [5, 5.41) is 1.08. The average molecular weight is 278 g/mol. The van der Waals surface area contributed by atoms with E-state index in [1.807, 2.05) is 0 Å². The molecule has 0 bridgehead atoms. The molecule has 2 N–H and O–H groups in total. The van der Waals surface area contributed by atoms with Gasteiger partial charge < -0.3 is 15.2 Å². The highest BCUT2D eigenvalue weighted by Gasteiger charge is 2.09. The van der Waals surface area contributed by atoms with E-state index in [0.717, 1.165) is 25.0 Å². The Kier molecular flexibility index (Phi) is 6.66. The lowest BCUT2D eigenvalue weighted by atomic mass is 10.2. The Bertz CT molecular complexity index is 359. The number of unbranched alkanes of at least 4 members (excludes halogenated alkanes) is 1. The number of rotatable bonds is 7. The molecule has 0 radical (unpaired) electrons. The van der Waals surface area contributed by atoms with Gasteiger partial charge in [-0.05, 0) is 25.0 Å². The smallest absolute Gasteiger partial charge is 0.142 e. The predicted octanol–water partition coefficient (Wildman–Crippen LogP) is 3.26. The van der Waals surface area contributed by atoms with E-state index >= 15 is 0 Å². The minimum absolute atomic E-state index is 0.355. The molecule has 0 aliphatic heterocycles. The Balaban J connectivity index is 2.57. The number of methoxy groups -OCH3 is 1. The molecule has 5 heteroatoms. The van der Waals surface area contributed by atoms with Crippen molar-refractivity contribution in [2.75, 3.05) is 20.3 Å². The number of halogens is 2. The zero-order valence-electron chi connectivity index (χ0n) is 9.84. The maximum Gasteiger partial charge on any atom is 0.142 e. The zero-order valence-corrected chi connectivity index (χ0v) is 11.4. The molecule has 0 saturated heterocycles. The van der Waals surface area contributed by atoms with E-state index in [2.05, 4.69) is 0 Å². The Hall–Kier alpha value is -0.480. The Morgan fingerprint density at radius 1 is 1.18 bits per heavy atom. The van der Waals surface area contributed by atoms with Gasteiger partial charge in [-0.1, -0.05) is 23.2 Å². The normalized spacial score (nSPS) is 10.6. The molecule has 0 unspecified atom stereocenters. The van der Waals surface area contributed by atoms with Crippen molar-refractivity contribution >= 4 is 23.2 Å². The molecule has 0 aliphatic carbocycles. The van der Waals surface area contributed by atoms with E-state index in [1.165, 1.54) is 0 Å². The lowest BCUT2D eigenvalue weighted by Gasteiger charge is -2.12. The van der Waals surface area contributed by atoms with Crippen LogP contribution in [0.3, 0.4) is 0 Å². The van der Waals surface area contributed by atoms with Crippen LogP contribution in [-0.4, -0.2) is 20.3 Å². The topological polar surface area (TPSA) is 44.5 Å². The van der Waals surface area contributed by atoms with Gasteiger partial charge in [0.25, 0.3) is 0 Å². The lowest BCUT2D eigenvalue weighted by molar-refractivity contribution is 0.184. The van der Waals surface area contributed by atoms with E-state index in [4.69, 9.17) is 38.4 Å². The van der Waals surface area contributed by atoms with Crippen LogP contribution in [0.15, 0.2) is 12.1 Å². The van der Waals surface area contributed by atoms with Crippen molar-refractivity contribution in [3.8, 4) is 5.75 Å². The van der Waals surface area contributed by atoms with Crippen molar-refractivity contribution in [2.24, 2.45) is 5.73 Å². The molecule has 0 fully saturated rings. The minimum Gasteiger partial charge on any atom is -0.492 e. The first-order valence-corrected chi connectivity index (χ1v) is 6.24. The third kappa shape index (κ3) is 4.72. The van der Waals surface area contributed by atoms with Gasteiger partial charge in [-0.2, -0.15) is 0 Å². The van der Waals surface area contributed by atoms with Crippen molar-refractivity contribution in [3.63, 3.8) is 0 Å². The second-order valence-corrected chi connectivity index (χ2v) is 4.47. The van der Waals surface area contributed by atoms with Gasteiger partial charge in [0.05, 0.1) is 11.6 Å². The molecule has 3 nitrogen and oxygen atoms in total. The van der Waals surface area contributed by atoms with E-state index in [-0.39, 0.29) is 0 Å². The van der Waals surface area contributed by atoms with Crippen LogP contribution in [0.4, 0.5) is 0 Å². The first-order valence-electron chi connectivity index (χ1n) is 5.48. The summed E-state index contributed by atoms with van der Waals surface area (Å²) in [6.45, 7) is 1.69. The van der Waals surface area contributed by atoms with Crippen LogP contribution in [0, 0.1) is 0 Å². The van der Waals surface area contributed by atoms with Crippen LogP contribution in [0.5, 0.6) is 5.75 Å². The van der Waals surface area contributed by atoms with Gasteiger partial charge >= 0.3 is 0 Å². The monoisotopic (exact) mass is 277 g/mol. The quantitative estimate of drug-likeness (QED) is 0.778. The van der Waals surface area contributed by atoms with E-state index in [0.29, 0.717) is 28.9 Å². The molecule has 0 atom stereocenters. The van der Waals surface area contributed by atoms with Crippen molar-refractivity contribution in [2.45, 2.75) is 19.4 Å². The average Bonchev–Trinajstić information content (AvgIpc) is 2.30. The minimum atomic E-state index is 0.355. The van der Waals surface area contributed by atoms with Crippen LogP contribution < -0.4 is 10.5 Å². The Labute approximate surface area is 112 Å². The summed E-state index contributed by atoms with van der Waals surface area (Å²) in [6, 6.07) is 3.44. The van der Waals surface area contributed by atoms with Crippen LogP contribution in [0.1, 0.15) is 18.4 Å². The Morgan fingerprint density at radius 2 is 1.88 bits per heavy atom. The van der Waals surface area contributed by atoms with Crippen LogP contribution in [0.25, 0.3) is 0 Å². The Morgan fingerprint density at radius 3 is 2.53 bits per heavy atom. The molecule has 1 aromatic carbocycles. The molecular formula is C12H17Cl2NO2. The molecule has 0 amide bonds. The van der Waals surface area contributed by atoms with Crippen molar-refractivity contribution in [3.05, 3.63) is 27.7 Å². The molecule has 0 aliphatic rings. The number of hydrogen-bond acceptors (Lipinski definition) is 3.